The summed E-state index contributed by atoms with van der Waals surface area (Å²) in [6, 6.07) is 9.16. The molecule has 0 saturated carbocycles. The Morgan fingerprint density at radius 2 is 2.08 bits per heavy atom. The first-order valence-corrected chi connectivity index (χ1v) is 8.48. The monoisotopic (exact) mass is 367 g/mol. The number of carbonyl (C=O) groups is 1. The van der Waals surface area contributed by atoms with Gasteiger partial charge in [-0.3, -0.25) is 4.79 Å². The summed E-state index contributed by atoms with van der Waals surface area (Å²) in [6.07, 6.45) is 3.43. The van der Waals surface area contributed by atoms with Gasteiger partial charge in [0.25, 0.3) is 0 Å². The molecule has 1 atom stereocenters. The van der Waals surface area contributed by atoms with Crippen molar-refractivity contribution >= 4 is 17.4 Å². The van der Waals surface area contributed by atoms with E-state index in [4.69, 9.17) is 22.1 Å². The molecule has 0 spiro atoms. The second-order valence-electron chi connectivity index (χ2n) is 6.10. The van der Waals surface area contributed by atoms with E-state index in [0.717, 1.165) is 5.69 Å². The quantitative estimate of drug-likeness (QED) is 0.874. The fourth-order valence-corrected chi connectivity index (χ4v) is 3.41. The Hall–Kier alpha value is -3.11. The average molecular weight is 368 g/mol. The summed E-state index contributed by atoms with van der Waals surface area (Å²) in [5.74, 6) is -0.147. The zero-order chi connectivity index (χ0) is 18.3. The third-order valence-electron chi connectivity index (χ3n) is 4.50. The summed E-state index contributed by atoms with van der Waals surface area (Å²) in [5.41, 5.74) is 7.81. The molecular weight excluding hydrogens is 354 g/mol. The van der Waals surface area contributed by atoms with Gasteiger partial charge < -0.3 is 10.5 Å². The number of Topliss-reactive ketones (excluding diaryl/α,β-unsaturated/α-hetero) is 1. The van der Waals surface area contributed by atoms with Gasteiger partial charge in [-0.05, 0) is 30.7 Å². The van der Waals surface area contributed by atoms with Gasteiger partial charge in [0.1, 0.15) is 17.4 Å². The van der Waals surface area contributed by atoms with Crippen LogP contribution in [0.3, 0.4) is 0 Å². The predicted octanol–water partition coefficient (Wildman–Crippen LogP) is 2.74. The van der Waals surface area contributed by atoms with E-state index in [0.29, 0.717) is 41.3 Å². The lowest BCUT2D eigenvalue weighted by molar-refractivity contribution is -0.116. The van der Waals surface area contributed by atoms with Gasteiger partial charge in [-0.25, -0.2) is 4.68 Å². The molecule has 2 aromatic rings. The lowest BCUT2D eigenvalue weighted by atomic mass is 9.80. The van der Waals surface area contributed by atoms with Crippen LogP contribution in [0.15, 0.2) is 53.3 Å². The third kappa shape index (κ3) is 2.65. The number of aromatic nitrogens is 3. The number of allylic oxidation sites excluding steroid dienone is 3. The SMILES string of the molecule is N#CC1=C(N)OC2=C(C(=O)CCC2)C1c1cn(-c2ccc(Cl)cc2)nn1. The molecule has 130 valence electrons. The summed E-state index contributed by atoms with van der Waals surface area (Å²) in [6.45, 7) is 0. The minimum Gasteiger partial charge on any atom is -0.444 e. The summed E-state index contributed by atoms with van der Waals surface area (Å²) in [4.78, 5) is 12.5. The van der Waals surface area contributed by atoms with Gasteiger partial charge in [0.2, 0.25) is 5.88 Å². The molecule has 2 N–H and O–H groups in total. The van der Waals surface area contributed by atoms with E-state index in [2.05, 4.69) is 16.4 Å². The molecule has 26 heavy (non-hydrogen) atoms. The maximum absolute atomic E-state index is 12.5. The van der Waals surface area contributed by atoms with Gasteiger partial charge in [0.05, 0.1) is 23.5 Å². The largest absolute Gasteiger partial charge is 0.444 e. The van der Waals surface area contributed by atoms with Crippen molar-refractivity contribution in [1.82, 2.24) is 15.0 Å². The van der Waals surface area contributed by atoms with Crippen molar-refractivity contribution in [1.29, 1.82) is 5.26 Å². The second-order valence-corrected chi connectivity index (χ2v) is 6.54. The highest BCUT2D eigenvalue weighted by Crippen LogP contribution is 2.42. The summed E-state index contributed by atoms with van der Waals surface area (Å²) in [7, 11) is 0. The van der Waals surface area contributed by atoms with Crippen molar-refractivity contribution in [2.75, 3.05) is 0 Å². The molecule has 0 amide bonds. The number of nitriles is 1. The fraction of sp³-hybridized carbons (Fsp3) is 0.222. The molecule has 4 rings (SSSR count). The lowest BCUT2D eigenvalue weighted by Gasteiger charge is -2.29. The first-order chi connectivity index (χ1) is 12.6. The van der Waals surface area contributed by atoms with Crippen molar-refractivity contribution in [2.24, 2.45) is 5.73 Å². The van der Waals surface area contributed by atoms with Gasteiger partial charge in [0, 0.05) is 23.4 Å². The average Bonchev–Trinajstić information content (AvgIpc) is 3.11. The molecule has 1 aliphatic heterocycles. The molecule has 2 heterocycles. The normalized spacial score (nSPS) is 19.8. The number of rotatable bonds is 2. The number of benzene rings is 1. The number of hydrogen-bond acceptors (Lipinski definition) is 6. The van der Waals surface area contributed by atoms with E-state index in [1.807, 2.05) is 0 Å². The van der Waals surface area contributed by atoms with Gasteiger partial charge in [-0.15, -0.1) is 5.10 Å². The number of carbonyl (C=O) groups excluding carboxylic acids is 1. The van der Waals surface area contributed by atoms with E-state index < -0.39 is 5.92 Å². The maximum Gasteiger partial charge on any atom is 0.205 e. The van der Waals surface area contributed by atoms with Crippen molar-refractivity contribution in [2.45, 2.75) is 25.2 Å². The Labute approximate surface area is 154 Å². The highest BCUT2D eigenvalue weighted by molar-refractivity contribution is 6.30. The zero-order valence-electron chi connectivity index (χ0n) is 13.6. The van der Waals surface area contributed by atoms with Crippen LogP contribution < -0.4 is 5.73 Å². The number of ether oxygens (including phenoxy) is 1. The first-order valence-electron chi connectivity index (χ1n) is 8.10. The van der Waals surface area contributed by atoms with Crippen LogP contribution in [-0.2, 0) is 9.53 Å². The van der Waals surface area contributed by atoms with Crippen LogP contribution in [0.2, 0.25) is 5.02 Å². The highest BCUT2D eigenvalue weighted by atomic mass is 35.5. The molecule has 0 saturated heterocycles. The van der Waals surface area contributed by atoms with Crippen molar-refractivity contribution in [3.05, 3.63) is 64.0 Å². The van der Waals surface area contributed by atoms with E-state index in [-0.39, 0.29) is 17.2 Å². The molecule has 2 aliphatic rings. The number of hydrogen-bond donors (Lipinski definition) is 1. The molecule has 0 bridgehead atoms. The van der Waals surface area contributed by atoms with Crippen LogP contribution in [0.1, 0.15) is 30.9 Å². The smallest absolute Gasteiger partial charge is 0.205 e. The minimum absolute atomic E-state index is 0.0204. The third-order valence-corrected chi connectivity index (χ3v) is 4.75. The van der Waals surface area contributed by atoms with Gasteiger partial charge in [0.15, 0.2) is 5.78 Å². The molecule has 7 nitrogen and oxygen atoms in total. The van der Waals surface area contributed by atoms with Gasteiger partial charge >= 0.3 is 0 Å². The minimum atomic E-state index is -0.655. The van der Waals surface area contributed by atoms with Crippen LogP contribution in [0, 0.1) is 11.3 Å². The Morgan fingerprint density at radius 1 is 1.31 bits per heavy atom. The second kappa shape index (κ2) is 6.32. The highest BCUT2D eigenvalue weighted by Gasteiger charge is 2.39. The summed E-state index contributed by atoms with van der Waals surface area (Å²) >= 11 is 5.91. The Bertz CT molecular complexity index is 997. The number of nitrogens with two attached hydrogens (primary N) is 1. The predicted molar refractivity (Wildman–Crippen MR) is 92.9 cm³/mol. The molecular formula is C18H14ClN5O2. The van der Waals surface area contributed by atoms with E-state index in [9.17, 15) is 10.1 Å². The Morgan fingerprint density at radius 3 is 2.81 bits per heavy atom. The van der Waals surface area contributed by atoms with Crippen LogP contribution in [0.4, 0.5) is 0 Å². The first kappa shape index (κ1) is 16.4. The van der Waals surface area contributed by atoms with Gasteiger partial charge in [-0.2, -0.15) is 5.26 Å². The van der Waals surface area contributed by atoms with Crippen molar-refractivity contribution in [3.8, 4) is 11.8 Å². The van der Waals surface area contributed by atoms with Crippen LogP contribution in [0.25, 0.3) is 5.69 Å². The number of ketones is 1. The lowest BCUT2D eigenvalue weighted by Crippen LogP contribution is -2.27. The summed E-state index contributed by atoms with van der Waals surface area (Å²) in [5, 5.41) is 18.5. The number of halogens is 1. The molecule has 1 aliphatic carbocycles. The molecule has 1 unspecified atom stereocenters. The topological polar surface area (TPSA) is 107 Å². The molecule has 1 aromatic heterocycles. The number of nitrogens with zero attached hydrogens (tertiary/aromatic N) is 4. The van der Waals surface area contributed by atoms with Crippen LogP contribution >= 0.6 is 11.6 Å². The van der Waals surface area contributed by atoms with E-state index in [1.54, 1.807) is 35.1 Å². The molecule has 8 heteroatoms. The Balaban J connectivity index is 1.80. The van der Waals surface area contributed by atoms with E-state index in [1.165, 1.54) is 0 Å². The summed E-state index contributed by atoms with van der Waals surface area (Å²) < 4.78 is 7.11. The fourth-order valence-electron chi connectivity index (χ4n) is 3.28. The van der Waals surface area contributed by atoms with E-state index >= 15 is 0 Å². The molecule has 0 fully saturated rings. The molecule has 1 aromatic carbocycles. The van der Waals surface area contributed by atoms with Crippen molar-refractivity contribution in [3.63, 3.8) is 0 Å². The zero-order valence-corrected chi connectivity index (χ0v) is 14.4. The molecule has 0 radical (unpaired) electrons. The van der Waals surface area contributed by atoms with Crippen molar-refractivity contribution < 1.29 is 9.53 Å². The maximum atomic E-state index is 12.5. The Kier molecular flexibility index (Phi) is 3.98. The standard InChI is InChI=1S/C18H14ClN5O2/c19-10-4-6-11(7-5-10)24-9-13(22-23-24)16-12(8-20)18(21)26-15-3-1-2-14(25)17(15)16/h4-7,9,16H,1-3,21H2. The van der Waals surface area contributed by atoms with Crippen LogP contribution in [-0.4, -0.2) is 20.8 Å². The van der Waals surface area contributed by atoms with Gasteiger partial charge in [-0.1, -0.05) is 16.8 Å². The van der Waals surface area contributed by atoms with Crippen LogP contribution in [0.5, 0.6) is 0 Å².